The Hall–Kier alpha value is -0.860. The van der Waals surface area contributed by atoms with Crippen LogP contribution in [0.5, 0.6) is 0 Å². The first-order valence-corrected chi connectivity index (χ1v) is 7.15. The molecule has 0 aliphatic carbocycles. The zero-order chi connectivity index (χ0) is 13.1. The van der Waals surface area contributed by atoms with Gasteiger partial charge in [-0.25, -0.2) is 0 Å². The van der Waals surface area contributed by atoms with Crippen LogP contribution in [0.2, 0.25) is 0 Å². The van der Waals surface area contributed by atoms with E-state index in [-0.39, 0.29) is 0 Å². The molecule has 2 rings (SSSR count). The SMILES string of the molecule is CC1CN(C(C)c2ccc(C(C)C)cc2)CCN1. The monoisotopic (exact) mass is 246 g/mol. The van der Waals surface area contributed by atoms with Gasteiger partial charge < -0.3 is 5.32 Å². The molecule has 1 fully saturated rings. The molecule has 1 N–H and O–H groups in total. The highest BCUT2D eigenvalue weighted by molar-refractivity contribution is 5.26. The number of nitrogens with zero attached hydrogens (tertiary/aromatic N) is 1. The lowest BCUT2D eigenvalue weighted by Gasteiger charge is -2.36. The molecule has 1 saturated heterocycles. The molecule has 1 aromatic carbocycles. The molecule has 0 amide bonds. The van der Waals surface area contributed by atoms with E-state index in [1.165, 1.54) is 11.1 Å². The number of piperazine rings is 1. The Morgan fingerprint density at radius 1 is 1.11 bits per heavy atom. The van der Waals surface area contributed by atoms with Crippen molar-refractivity contribution in [3.05, 3.63) is 35.4 Å². The molecule has 0 radical (unpaired) electrons. The van der Waals surface area contributed by atoms with Crippen molar-refractivity contribution in [3.63, 3.8) is 0 Å². The van der Waals surface area contributed by atoms with E-state index in [1.807, 2.05) is 0 Å². The molecule has 2 unspecified atom stereocenters. The van der Waals surface area contributed by atoms with Crippen LogP contribution < -0.4 is 5.32 Å². The van der Waals surface area contributed by atoms with Crippen LogP contribution in [0.3, 0.4) is 0 Å². The Labute approximate surface area is 111 Å². The number of hydrogen-bond donors (Lipinski definition) is 1. The fraction of sp³-hybridized carbons (Fsp3) is 0.625. The van der Waals surface area contributed by atoms with Gasteiger partial charge in [0.1, 0.15) is 0 Å². The summed E-state index contributed by atoms with van der Waals surface area (Å²) in [6.45, 7) is 12.5. The maximum Gasteiger partial charge on any atom is 0.0321 e. The molecule has 2 atom stereocenters. The van der Waals surface area contributed by atoms with Gasteiger partial charge in [-0.05, 0) is 30.9 Å². The first kappa shape index (κ1) is 13.6. The Kier molecular flexibility index (Phi) is 4.41. The summed E-state index contributed by atoms with van der Waals surface area (Å²) in [7, 11) is 0. The summed E-state index contributed by atoms with van der Waals surface area (Å²) in [5.74, 6) is 0.619. The Balaban J connectivity index is 2.05. The van der Waals surface area contributed by atoms with Gasteiger partial charge in [-0.1, -0.05) is 38.1 Å². The minimum absolute atomic E-state index is 0.524. The van der Waals surface area contributed by atoms with E-state index in [4.69, 9.17) is 0 Å². The molecule has 2 nitrogen and oxygen atoms in total. The Morgan fingerprint density at radius 2 is 1.72 bits per heavy atom. The van der Waals surface area contributed by atoms with Crippen LogP contribution in [0.4, 0.5) is 0 Å². The van der Waals surface area contributed by atoms with Gasteiger partial charge in [0.05, 0.1) is 0 Å². The average Bonchev–Trinajstić information content (AvgIpc) is 2.38. The van der Waals surface area contributed by atoms with Gasteiger partial charge in [0, 0.05) is 31.7 Å². The standard InChI is InChI=1S/C16H26N2/c1-12(2)15-5-7-16(8-6-15)14(4)18-10-9-17-13(3)11-18/h5-8,12-14,17H,9-11H2,1-4H3. The van der Waals surface area contributed by atoms with Gasteiger partial charge in [0.25, 0.3) is 0 Å². The number of nitrogens with one attached hydrogen (secondary N) is 1. The summed E-state index contributed by atoms with van der Waals surface area (Å²) in [6, 6.07) is 10.3. The molecular formula is C16H26N2. The summed E-state index contributed by atoms with van der Waals surface area (Å²) in [6.07, 6.45) is 0. The van der Waals surface area contributed by atoms with Gasteiger partial charge in [0.15, 0.2) is 0 Å². The van der Waals surface area contributed by atoms with Crippen LogP contribution in [0, 0.1) is 0 Å². The third-order valence-corrected chi connectivity index (χ3v) is 4.03. The lowest BCUT2D eigenvalue weighted by Crippen LogP contribution is -2.49. The van der Waals surface area contributed by atoms with E-state index in [2.05, 4.69) is 62.2 Å². The third-order valence-electron chi connectivity index (χ3n) is 4.03. The molecule has 0 spiro atoms. The van der Waals surface area contributed by atoms with Crippen LogP contribution in [-0.4, -0.2) is 30.6 Å². The maximum atomic E-state index is 3.50. The smallest absolute Gasteiger partial charge is 0.0321 e. The minimum atomic E-state index is 0.524. The van der Waals surface area contributed by atoms with Gasteiger partial charge >= 0.3 is 0 Å². The molecule has 2 heteroatoms. The van der Waals surface area contributed by atoms with E-state index in [1.54, 1.807) is 0 Å². The van der Waals surface area contributed by atoms with Gasteiger partial charge in [-0.15, -0.1) is 0 Å². The molecule has 100 valence electrons. The summed E-state index contributed by atoms with van der Waals surface area (Å²) < 4.78 is 0. The highest BCUT2D eigenvalue weighted by Gasteiger charge is 2.21. The van der Waals surface area contributed by atoms with Crippen molar-refractivity contribution in [2.45, 2.75) is 45.7 Å². The first-order valence-electron chi connectivity index (χ1n) is 7.15. The minimum Gasteiger partial charge on any atom is -0.312 e. The third kappa shape index (κ3) is 3.12. The summed E-state index contributed by atoms with van der Waals surface area (Å²) >= 11 is 0. The van der Waals surface area contributed by atoms with Crippen molar-refractivity contribution in [1.29, 1.82) is 0 Å². The Bertz CT molecular complexity index is 369. The molecule has 0 saturated carbocycles. The lowest BCUT2D eigenvalue weighted by atomic mass is 9.98. The zero-order valence-electron chi connectivity index (χ0n) is 12.1. The Morgan fingerprint density at radius 3 is 2.28 bits per heavy atom. The fourth-order valence-corrected chi connectivity index (χ4v) is 2.68. The van der Waals surface area contributed by atoms with E-state index in [0.29, 0.717) is 18.0 Å². The van der Waals surface area contributed by atoms with Crippen molar-refractivity contribution in [3.8, 4) is 0 Å². The van der Waals surface area contributed by atoms with Crippen LogP contribution in [0.15, 0.2) is 24.3 Å². The van der Waals surface area contributed by atoms with Crippen molar-refractivity contribution >= 4 is 0 Å². The quantitative estimate of drug-likeness (QED) is 0.881. The maximum absolute atomic E-state index is 3.50. The number of benzene rings is 1. The summed E-state index contributed by atoms with van der Waals surface area (Å²) in [4.78, 5) is 2.57. The number of hydrogen-bond acceptors (Lipinski definition) is 2. The van der Waals surface area contributed by atoms with Crippen LogP contribution in [0.1, 0.15) is 50.8 Å². The van der Waals surface area contributed by atoms with Crippen molar-refractivity contribution in [1.82, 2.24) is 10.2 Å². The van der Waals surface area contributed by atoms with E-state index in [9.17, 15) is 0 Å². The second-order valence-corrected chi connectivity index (χ2v) is 5.85. The van der Waals surface area contributed by atoms with Crippen LogP contribution in [0.25, 0.3) is 0 Å². The van der Waals surface area contributed by atoms with Gasteiger partial charge in [0.2, 0.25) is 0 Å². The normalized spacial score (nSPS) is 23.3. The summed E-state index contributed by atoms with van der Waals surface area (Å²) in [5.41, 5.74) is 2.87. The van der Waals surface area contributed by atoms with Crippen molar-refractivity contribution in [2.75, 3.05) is 19.6 Å². The molecule has 1 heterocycles. The largest absolute Gasteiger partial charge is 0.312 e. The van der Waals surface area contributed by atoms with Gasteiger partial charge in [-0.2, -0.15) is 0 Å². The topological polar surface area (TPSA) is 15.3 Å². The molecule has 0 bridgehead atoms. The second kappa shape index (κ2) is 5.85. The zero-order valence-corrected chi connectivity index (χ0v) is 12.1. The predicted octanol–water partition coefficient (Wildman–Crippen LogP) is 3.16. The molecule has 18 heavy (non-hydrogen) atoms. The molecule has 1 aromatic rings. The van der Waals surface area contributed by atoms with Crippen molar-refractivity contribution < 1.29 is 0 Å². The number of rotatable bonds is 3. The molecular weight excluding hydrogens is 220 g/mol. The molecule has 1 aliphatic heterocycles. The van der Waals surface area contributed by atoms with E-state index < -0.39 is 0 Å². The van der Waals surface area contributed by atoms with E-state index >= 15 is 0 Å². The molecule has 1 aliphatic rings. The van der Waals surface area contributed by atoms with Gasteiger partial charge in [-0.3, -0.25) is 4.90 Å². The molecule has 0 aromatic heterocycles. The highest BCUT2D eigenvalue weighted by atomic mass is 15.2. The highest BCUT2D eigenvalue weighted by Crippen LogP contribution is 2.23. The predicted molar refractivity (Wildman–Crippen MR) is 78.0 cm³/mol. The van der Waals surface area contributed by atoms with Crippen molar-refractivity contribution in [2.24, 2.45) is 0 Å². The second-order valence-electron chi connectivity index (χ2n) is 5.85. The fourth-order valence-electron chi connectivity index (χ4n) is 2.68. The van der Waals surface area contributed by atoms with Crippen LogP contribution >= 0.6 is 0 Å². The first-order chi connectivity index (χ1) is 8.58. The van der Waals surface area contributed by atoms with Crippen LogP contribution in [-0.2, 0) is 0 Å². The lowest BCUT2D eigenvalue weighted by molar-refractivity contribution is 0.158. The average molecular weight is 246 g/mol. The summed E-state index contributed by atoms with van der Waals surface area (Å²) in [5, 5.41) is 3.50. The van der Waals surface area contributed by atoms with E-state index in [0.717, 1.165) is 19.6 Å².